The molecule has 0 aliphatic carbocycles. The number of pyridine rings is 1. The predicted molar refractivity (Wildman–Crippen MR) is 45.6 cm³/mol. The smallest absolute Gasteiger partial charge is 0.354 e. The van der Waals surface area contributed by atoms with Crippen molar-refractivity contribution in [1.29, 1.82) is 5.26 Å². The van der Waals surface area contributed by atoms with Crippen LogP contribution in [0, 0.1) is 18.3 Å². The second-order valence-electron chi connectivity index (χ2n) is 2.80. The maximum atomic E-state index is 12.4. The summed E-state index contributed by atoms with van der Waals surface area (Å²) in [7, 11) is 0. The molecule has 1 rings (SSSR count). The predicted octanol–water partition coefficient (Wildman–Crippen LogP) is 1.90. The third kappa shape index (κ3) is 2.07. The number of aromatic carboxylic acids is 1. The average molecular weight is 212 g/mol. The number of carboxylic acids is 1. The molecule has 1 N–H and O–H groups in total. The zero-order valence-electron chi connectivity index (χ0n) is 7.66. The van der Waals surface area contributed by atoms with Crippen LogP contribution < -0.4 is 0 Å². The summed E-state index contributed by atoms with van der Waals surface area (Å²) in [5.41, 5.74) is -1.35. The number of hydrogen-bond donors (Lipinski definition) is 1. The van der Waals surface area contributed by atoms with Gasteiger partial charge in [0.15, 0.2) is 0 Å². The summed E-state index contributed by atoms with van der Waals surface area (Å²) < 4.78 is 24.9. The van der Waals surface area contributed by atoms with Crippen LogP contribution in [0.4, 0.5) is 8.78 Å². The number of nitrogens with zero attached hydrogens (tertiary/aromatic N) is 2. The van der Waals surface area contributed by atoms with Crippen molar-refractivity contribution in [2.24, 2.45) is 0 Å². The lowest BCUT2D eigenvalue weighted by Crippen LogP contribution is -2.07. The Bertz CT molecular complexity index is 452. The highest BCUT2D eigenvalue weighted by molar-refractivity contribution is 5.85. The van der Waals surface area contributed by atoms with E-state index in [-0.39, 0.29) is 11.1 Å². The summed E-state index contributed by atoms with van der Waals surface area (Å²) in [6.45, 7) is 1.39. The topological polar surface area (TPSA) is 74.0 Å². The molecule has 0 aliphatic heterocycles. The van der Waals surface area contributed by atoms with E-state index in [9.17, 15) is 13.6 Å². The minimum atomic E-state index is -2.96. The fourth-order valence-electron chi connectivity index (χ4n) is 1.11. The number of nitriles is 1. The maximum Gasteiger partial charge on any atom is 0.354 e. The second kappa shape index (κ2) is 4.00. The maximum absolute atomic E-state index is 12.4. The van der Waals surface area contributed by atoms with E-state index in [0.29, 0.717) is 0 Å². The van der Waals surface area contributed by atoms with E-state index in [1.807, 2.05) is 0 Å². The average Bonchev–Trinajstić information content (AvgIpc) is 2.16. The molecule has 6 heteroatoms. The first-order chi connectivity index (χ1) is 6.97. The molecule has 0 saturated heterocycles. The van der Waals surface area contributed by atoms with Crippen LogP contribution >= 0.6 is 0 Å². The van der Waals surface area contributed by atoms with Gasteiger partial charge in [-0.2, -0.15) is 5.26 Å². The lowest BCUT2D eigenvalue weighted by Gasteiger charge is -2.06. The molecule has 0 aliphatic rings. The Morgan fingerprint density at radius 3 is 2.67 bits per heavy atom. The Morgan fingerprint density at radius 2 is 2.27 bits per heavy atom. The molecule has 1 aromatic rings. The van der Waals surface area contributed by atoms with E-state index in [0.717, 1.165) is 6.07 Å². The minimum absolute atomic E-state index is 0.181. The molecule has 1 aromatic heterocycles. The highest BCUT2D eigenvalue weighted by Gasteiger charge is 2.20. The van der Waals surface area contributed by atoms with Crippen LogP contribution in [-0.2, 0) is 0 Å². The van der Waals surface area contributed by atoms with Gasteiger partial charge in [-0.15, -0.1) is 0 Å². The van der Waals surface area contributed by atoms with Gasteiger partial charge in [0.2, 0.25) is 0 Å². The van der Waals surface area contributed by atoms with Gasteiger partial charge in [-0.25, -0.2) is 18.6 Å². The van der Waals surface area contributed by atoms with Crippen LogP contribution in [0.25, 0.3) is 0 Å². The van der Waals surface area contributed by atoms with Crippen LogP contribution in [-0.4, -0.2) is 16.1 Å². The molecule has 1 heterocycles. The number of rotatable bonds is 2. The van der Waals surface area contributed by atoms with E-state index in [4.69, 9.17) is 10.4 Å². The molecule has 0 atom stereocenters. The lowest BCUT2D eigenvalue weighted by molar-refractivity contribution is 0.0688. The van der Waals surface area contributed by atoms with Crippen LogP contribution in [0.3, 0.4) is 0 Å². The minimum Gasteiger partial charge on any atom is -0.477 e. The van der Waals surface area contributed by atoms with Gasteiger partial charge in [-0.05, 0) is 18.6 Å². The first-order valence-corrected chi connectivity index (χ1v) is 3.90. The molecular weight excluding hydrogens is 206 g/mol. The number of carbonyl (C=O) groups is 1. The summed E-state index contributed by atoms with van der Waals surface area (Å²) in [5.74, 6) is -1.40. The van der Waals surface area contributed by atoms with Crippen molar-refractivity contribution < 1.29 is 18.7 Å². The van der Waals surface area contributed by atoms with Gasteiger partial charge in [0, 0.05) is 0 Å². The Hall–Kier alpha value is -2.03. The monoisotopic (exact) mass is 212 g/mol. The molecule has 78 valence electrons. The number of alkyl halides is 2. The Labute approximate surface area is 83.8 Å². The molecule has 15 heavy (non-hydrogen) atoms. The van der Waals surface area contributed by atoms with E-state index in [2.05, 4.69) is 4.98 Å². The molecule has 0 amide bonds. The molecule has 4 nitrogen and oxygen atoms in total. The van der Waals surface area contributed by atoms with Crippen molar-refractivity contribution in [3.8, 4) is 6.07 Å². The molecule has 0 fully saturated rings. The number of aryl methyl sites for hydroxylation is 1. The lowest BCUT2D eigenvalue weighted by atomic mass is 10.1. The number of halogens is 2. The third-order valence-corrected chi connectivity index (χ3v) is 1.78. The van der Waals surface area contributed by atoms with Crippen LogP contribution in [0.5, 0.6) is 0 Å². The SMILES string of the molecule is Cc1cc(C(=O)O)nc(C(F)F)c1C#N. The molecule has 0 bridgehead atoms. The Morgan fingerprint density at radius 1 is 1.67 bits per heavy atom. The normalized spacial score (nSPS) is 10.1. The van der Waals surface area contributed by atoms with Crippen molar-refractivity contribution in [2.45, 2.75) is 13.3 Å². The summed E-state index contributed by atoms with van der Waals surface area (Å²) in [4.78, 5) is 13.8. The first-order valence-electron chi connectivity index (χ1n) is 3.90. The van der Waals surface area contributed by atoms with Crippen LogP contribution in [0.1, 0.15) is 33.7 Å². The fourth-order valence-corrected chi connectivity index (χ4v) is 1.11. The number of carboxylic acid groups (broad SMARTS) is 1. The summed E-state index contributed by atoms with van der Waals surface area (Å²) in [6, 6.07) is 2.67. The van der Waals surface area contributed by atoms with Crippen molar-refractivity contribution in [3.63, 3.8) is 0 Å². The van der Waals surface area contributed by atoms with Gasteiger partial charge in [-0.1, -0.05) is 0 Å². The van der Waals surface area contributed by atoms with Crippen molar-refractivity contribution >= 4 is 5.97 Å². The van der Waals surface area contributed by atoms with Crippen LogP contribution in [0.2, 0.25) is 0 Å². The van der Waals surface area contributed by atoms with Gasteiger partial charge in [0.25, 0.3) is 6.43 Å². The largest absolute Gasteiger partial charge is 0.477 e. The molecule has 0 aromatic carbocycles. The van der Waals surface area contributed by atoms with Crippen molar-refractivity contribution in [1.82, 2.24) is 4.98 Å². The zero-order valence-corrected chi connectivity index (χ0v) is 7.66. The number of hydrogen-bond acceptors (Lipinski definition) is 3. The molecule has 0 radical (unpaired) electrons. The van der Waals surface area contributed by atoms with Crippen molar-refractivity contribution in [2.75, 3.05) is 0 Å². The standard InChI is InChI=1S/C9H6F2N2O2/c1-4-2-6(9(14)15)13-7(8(10)11)5(4)3-12/h2,8H,1H3,(H,14,15). The quantitative estimate of drug-likeness (QED) is 0.812. The first kappa shape index (κ1) is 11.0. The van der Waals surface area contributed by atoms with Crippen LogP contribution in [0.15, 0.2) is 6.07 Å². The van der Waals surface area contributed by atoms with Crippen molar-refractivity contribution in [3.05, 3.63) is 28.6 Å². The molecule has 0 saturated carbocycles. The summed E-state index contributed by atoms with van der Waals surface area (Å²) in [6.07, 6.45) is -2.96. The van der Waals surface area contributed by atoms with Gasteiger partial charge in [0.05, 0.1) is 5.56 Å². The molecule has 0 unspecified atom stereocenters. The van der Waals surface area contributed by atoms with Gasteiger partial charge in [-0.3, -0.25) is 0 Å². The Balaban J connectivity index is 3.47. The molecule has 0 spiro atoms. The van der Waals surface area contributed by atoms with E-state index < -0.39 is 23.8 Å². The van der Waals surface area contributed by atoms with E-state index in [1.54, 1.807) is 6.07 Å². The third-order valence-electron chi connectivity index (χ3n) is 1.78. The second-order valence-corrected chi connectivity index (χ2v) is 2.80. The number of aromatic nitrogens is 1. The van der Waals surface area contributed by atoms with Gasteiger partial charge >= 0.3 is 5.97 Å². The van der Waals surface area contributed by atoms with E-state index >= 15 is 0 Å². The summed E-state index contributed by atoms with van der Waals surface area (Å²) in [5, 5.41) is 17.2. The van der Waals surface area contributed by atoms with Gasteiger partial charge in [0.1, 0.15) is 17.5 Å². The Kier molecular flexibility index (Phi) is 2.95. The molecular formula is C9H6F2N2O2. The van der Waals surface area contributed by atoms with E-state index in [1.165, 1.54) is 6.92 Å². The highest BCUT2D eigenvalue weighted by Crippen LogP contribution is 2.23. The zero-order chi connectivity index (χ0) is 11.6. The fraction of sp³-hybridized carbons (Fsp3) is 0.222. The summed E-state index contributed by atoms with van der Waals surface area (Å²) >= 11 is 0. The highest BCUT2D eigenvalue weighted by atomic mass is 19.3. The van der Waals surface area contributed by atoms with Gasteiger partial charge < -0.3 is 5.11 Å².